The Kier molecular flexibility index (Phi) is 4.47. The molecule has 0 unspecified atom stereocenters. The number of hydrogen-bond acceptors (Lipinski definition) is 5. The highest BCUT2D eigenvalue weighted by Gasteiger charge is 2.23. The normalized spacial score (nSPS) is 14.3. The first-order valence-electron chi connectivity index (χ1n) is 10.7. The number of benzene rings is 3. The first kappa shape index (κ1) is 19.3. The highest BCUT2D eigenvalue weighted by Crippen LogP contribution is 2.40. The van der Waals surface area contributed by atoms with Crippen molar-refractivity contribution < 1.29 is 9.26 Å². The fourth-order valence-corrected chi connectivity index (χ4v) is 4.41. The number of allylic oxidation sites excluding steroid dienone is 1. The zero-order valence-electron chi connectivity index (χ0n) is 17.9. The average Bonchev–Trinajstić information content (AvgIpc) is 3.40. The van der Waals surface area contributed by atoms with Crippen LogP contribution in [0.5, 0.6) is 5.75 Å². The van der Waals surface area contributed by atoms with E-state index in [4.69, 9.17) is 9.26 Å². The number of nitrogens with one attached hydrogen (secondary N) is 1. The van der Waals surface area contributed by atoms with Gasteiger partial charge in [0.2, 0.25) is 0 Å². The molecule has 33 heavy (non-hydrogen) atoms. The van der Waals surface area contributed by atoms with Gasteiger partial charge in [0.25, 0.3) is 0 Å². The third kappa shape index (κ3) is 3.43. The molecule has 0 aliphatic carbocycles. The number of rotatable bonds is 3. The predicted molar refractivity (Wildman–Crippen MR) is 125 cm³/mol. The summed E-state index contributed by atoms with van der Waals surface area (Å²) < 4.78 is 12.9. The van der Waals surface area contributed by atoms with Crippen molar-refractivity contribution in [2.24, 2.45) is 0 Å². The molecule has 3 aromatic carbocycles. The monoisotopic (exact) mass is 436 g/mol. The molecule has 0 bridgehead atoms. The Morgan fingerprint density at radius 3 is 2.76 bits per heavy atom. The largest absolute Gasteiger partial charge is 0.488 e. The molecule has 1 aliphatic heterocycles. The van der Waals surface area contributed by atoms with Gasteiger partial charge in [-0.3, -0.25) is 14.2 Å². The Balaban J connectivity index is 1.46. The highest BCUT2D eigenvalue weighted by molar-refractivity contribution is 5.99. The summed E-state index contributed by atoms with van der Waals surface area (Å²) in [5.41, 5.74) is 6.92. The molecule has 7 heteroatoms. The Morgan fingerprint density at radius 1 is 1.06 bits per heavy atom. The van der Waals surface area contributed by atoms with Gasteiger partial charge in [-0.05, 0) is 47.4 Å². The number of nitrogens with zero attached hydrogens (tertiary/aromatic N) is 3. The summed E-state index contributed by atoms with van der Waals surface area (Å²) in [7, 11) is 0. The number of fused-ring (bicyclic) bond motifs is 3. The van der Waals surface area contributed by atoms with Crippen LogP contribution in [0.25, 0.3) is 22.0 Å². The molecular weight excluding hydrogens is 416 g/mol. The summed E-state index contributed by atoms with van der Waals surface area (Å²) in [6.07, 6.45) is 2.06. The van der Waals surface area contributed by atoms with E-state index in [0.717, 1.165) is 50.1 Å². The second-order valence-electron chi connectivity index (χ2n) is 8.11. The van der Waals surface area contributed by atoms with E-state index in [0.29, 0.717) is 19.0 Å². The lowest BCUT2D eigenvalue weighted by atomic mass is 9.89. The van der Waals surface area contributed by atoms with Crippen molar-refractivity contribution in [2.75, 3.05) is 0 Å². The van der Waals surface area contributed by atoms with E-state index >= 15 is 0 Å². The van der Waals surface area contributed by atoms with Crippen LogP contribution < -0.4 is 10.5 Å². The molecule has 0 fully saturated rings. The van der Waals surface area contributed by atoms with E-state index in [1.54, 1.807) is 0 Å². The lowest BCUT2D eigenvalue weighted by Gasteiger charge is -2.14. The van der Waals surface area contributed by atoms with Crippen LogP contribution in [0, 0.1) is 0 Å². The molecule has 7 nitrogen and oxygen atoms in total. The molecule has 3 heterocycles. The van der Waals surface area contributed by atoms with Gasteiger partial charge < -0.3 is 4.74 Å². The Hall–Kier alpha value is -4.39. The van der Waals surface area contributed by atoms with Crippen LogP contribution in [-0.2, 0) is 13.2 Å². The standard InChI is InChI=1S/C26H20N4O3/c1-16(25-27-26(31)33-29-25)24-20-11-10-17(13-30-14-18-6-2-4-8-22(18)28-30)12-19(20)15-32-23-9-5-3-7-21(23)24/h2-12,14H,13,15H2,1H3,(H,27,29,31). The fraction of sp³-hybridized carbons (Fsp3) is 0.115. The molecule has 2 aromatic heterocycles. The number of ether oxygens (including phenoxy) is 1. The minimum absolute atomic E-state index is 0.407. The summed E-state index contributed by atoms with van der Waals surface area (Å²) in [5, 5.41) is 9.71. The van der Waals surface area contributed by atoms with Crippen molar-refractivity contribution in [1.29, 1.82) is 0 Å². The fourth-order valence-electron chi connectivity index (χ4n) is 4.41. The van der Waals surface area contributed by atoms with Crippen LogP contribution >= 0.6 is 0 Å². The van der Waals surface area contributed by atoms with Gasteiger partial charge in [0.1, 0.15) is 12.4 Å². The summed E-state index contributed by atoms with van der Waals surface area (Å²) in [6.45, 7) is 3.02. The average molecular weight is 436 g/mol. The molecule has 6 rings (SSSR count). The molecule has 162 valence electrons. The van der Waals surface area contributed by atoms with E-state index in [1.807, 2.05) is 54.1 Å². The van der Waals surface area contributed by atoms with Gasteiger partial charge in [-0.15, -0.1) is 0 Å². The molecule has 0 atom stereocenters. The maximum atomic E-state index is 11.6. The van der Waals surface area contributed by atoms with Crippen LogP contribution in [0.1, 0.15) is 35.0 Å². The summed E-state index contributed by atoms with van der Waals surface area (Å²) in [5.74, 6) is 0.615. The number of para-hydroxylation sites is 1. The summed E-state index contributed by atoms with van der Waals surface area (Å²) >= 11 is 0. The number of H-pyrrole nitrogens is 1. The topological polar surface area (TPSA) is 85.9 Å². The zero-order chi connectivity index (χ0) is 22.4. The summed E-state index contributed by atoms with van der Waals surface area (Å²) in [6, 6.07) is 22.4. The first-order chi connectivity index (χ1) is 16.2. The third-order valence-corrected chi connectivity index (χ3v) is 5.95. The maximum Gasteiger partial charge on any atom is 0.439 e. The van der Waals surface area contributed by atoms with Crippen LogP contribution in [0.15, 0.2) is 82.2 Å². The quantitative estimate of drug-likeness (QED) is 0.446. The molecule has 1 N–H and O–H groups in total. The van der Waals surface area contributed by atoms with Crippen molar-refractivity contribution in [3.63, 3.8) is 0 Å². The van der Waals surface area contributed by atoms with Crippen molar-refractivity contribution >= 4 is 22.0 Å². The molecule has 0 amide bonds. The maximum absolute atomic E-state index is 11.6. The lowest BCUT2D eigenvalue weighted by molar-refractivity contribution is 0.307. The van der Waals surface area contributed by atoms with E-state index in [-0.39, 0.29) is 0 Å². The van der Waals surface area contributed by atoms with Crippen LogP contribution in [0.3, 0.4) is 0 Å². The second-order valence-corrected chi connectivity index (χ2v) is 8.11. The smallest absolute Gasteiger partial charge is 0.439 e. The van der Waals surface area contributed by atoms with Gasteiger partial charge in [0.15, 0.2) is 5.82 Å². The molecule has 1 aliphatic rings. The third-order valence-electron chi connectivity index (χ3n) is 5.95. The first-order valence-corrected chi connectivity index (χ1v) is 10.7. The predicted octanol–water partition coefficient (Wildman–Crippen LogP) is 4.63. The van der Waals surface area contributed by atoms with E-state index < -0.39 is 5.76 Å². The van der Waals surface area contributed by atoms with Crippen molar-refractivity contribution in [1.82, 2.24) is 19.9 Å². The minimum atomic E-state index is -0.578. The van der Waals surface area contributed by atoms with Gasteiger partial charge in [-0.1, -0.05) is 53.7 Å². The molecule has 0 saturated carbocycles. The second kappa shape index (κ2) is 7.63. The Labute approximate surface area is 188 Å². The van der Waals surface area contributed by atoms with Gasteiger partial charge >= 0.3 is 5.76 Å². The molecule has 0 radical (unpaired) electrons. The van der Waals surface area contributed by atoms with Gasteiger partial charge in [0.05, 0.1) is 12.1 Å². The molecule has 5 aromatic rings. The number of aromatic amines is 1. The van der Waals surface area contributed by atoms with E-state index in [2.05, 4.69) is 45.7 Å². The van der Waals surface area contributed by atoms with Gasteiger partial charge in [-0.2, -0.15) is 5.10 Å². The SMILES string of the molecule is CC(=C1c2ccc(Cn3cc4ccccc4n3)cc2COc2ccccc21)c1noc(=O)[nH]1. The van der Waals surface area contributed by atoms with E-state index in [1.165, 1.54) is 0 Å². The van der Waals surface area contributed by atoms with Crippen LogP contribution in [0.2, 0.25) is 0 Å². The Bertz CT molecular complexity index is 1560. The number of hydrogen-bond donors (Lipinski definition) is 1. The molecule has 0 spiro atoms. The van der Waals surface area contributed by atoms with E-state index in [9.17, 15) is 4.79 Å². The molecular formula is C26H20N4O3. The van der Waals surface area contributed by atoms with Crippen molar-refractivity contribution in [2.45, 2.75) is 20.1 Å². The van der Waals surface area contributed by atoms with Crippen LogP contribution in [-0.4, -0.2) is 19.9 Å². The summed E-state index contributed by atoms with van der Waals surface area (Å²) in [4.78, 5) is 14.2. The van der Waals surface area contributed by atoms with Crippen molar-refractivity contribution in [3.8, 4) is 5.75 Å². The molecule has 0 saturated heterocycles. The minimum Gasteiger partial charge on any atom is -0.488 e. The van der Waals surface area contributed by atoms with Gasteiger partial charge in [-0.25, -0.2) is 4.79 Å². The highest BCUT2D eigenvalue weighted by atomic mass is 16.5. The Morgan fingerprint density at radius 2 is 1.91 bits per heavy atom. The van der Waals surface area contributed by atoms with Crippen molar-refractivity contribution in [3.05, 3.63) is 112 Å². The lowest BCUT2D eigenvalue weighted by Crippen LogP contribution is -2.03. The number of aromatic nitrogens is 4. The zero-order valence-corrected chi connectivity index (χ0v) is 17.9. The van der Waals surface area contributed by atoms with Gasteiger partial charge in [0, 0.05) is 22.7 Å². The van der Waals surface area contributed by atoms with Crippen LogP contribution in [0.4, 0.5) is 0 Å².